The van der Waals surface area contributed by atoms with Gasteiger partial charge in [0.1, 0.15) is 6.54 Å². The zero-order valence-electron chi connectivity index (χ0n) is 14.6. The van der Waals surface area contributed by atoms with Gasteiger partial charge in [-0.15, -0.1) is 0 Å². The van der Waals surface area contributed by atoms with Gasteiger partial charge < -0.3 is 9.88 Å². The van der Waals surface area contributed by atoms with Crippen LogP contribution in [-0.2, 0) is 11.3 Å². The summed E-state index contributed by atoms with van der Waals surface area (Å²) in [6, 6.07) is 26.0. The van der Waals surface area contributed by atoms with E-state index in [1.807, 2.05) is 65.4 Å². The van der Waals surface area contributed by atoms with E-state index in [4.69, 9.17) is 0 Å². The second kappa shape index (κ2) is 7.30. The predicted molar refractivity (Wildman–Crippen MR) is 107 cm³/mol. The SMILES string of the molecule is O=C(Cn1ccc2ccccc21)Nc1ccccc1C(=O)c1ccccc1. The van der Waals surface area contributed by atoms with Gasteiger partial charge in [0.05, 0.1) is 5.69 Å². The highest BCUT2D eigenvalue weighted by molar-refractivity contribution is 6.13. The quantitative estimate of drug-likeness (QED) is 0.536. The predicted octanol–water partition coefficient (Wildman–Crippen LogP) is 4.51. The zero-order chi connectivity index (χ0) is 18.6. The number of amides is 1. The minimum atomic E-state index is -0.176. The molecule has 4 heteroatoms. The Morgan fingerprint density at radius 1 is 0.778 bits per heavy atom. The first-order valence-corrected chi connectivity index (χ1v) is 8.75. The van der Waals surface area contributed by atoms with Crippen molar-refractivity contribution >= 4 is 28.3 Å². The van der Waals surface area contributed by atoms with E-state index >= 15 is 0 Å². The largest absolute Gasteiger partial charge is 0.338 e. The lowest BCUT2D eigenvalue weighted by Gasteiger charge is -2.11. The summed E-state index contributed by atoms with van der Waals surface area (Å²) in [4.78, 5) is 25.4. The minimum Gasteiger partial charge on any atom is -0.338 e. The van der Waals surface area contributed by atoms with Crippen LogP contribution in [0.25, 0.3) is 10.9 Å². The van der Waals surface area contributed by atoms with Gasteiger partial charge >= 0.3 is 0 Å². The molecule has 0 saturated heterocycles. The number of carbonyl (C=O) groups excluding carboxylic acids is 2. The molecule has 4 aromatic rings. The van der Waals surface area contributed by atoms with Gasteiger partial charge in [0.25, 0.3) is 0 Å². The van der Waals surface area contributed by atoms with Gasteiger partial charge in [0.15, 0.2) is 5.78 Å². The molecule has 1 N–H and O–H groups in total. The van der Waals surface area contributed by atoms with E-state index in [2.05, 4.69) is 5.32 Å². The van der Waals surface area contributed by atoms with Crippen molar-refractivity contribution in [1.82, 2.24) is 4.57 Å². The molecule has 1 heterocycles. The molecule has 1 amide bonds. The molecule has 0 aliphatic heterocycles. The van der Waals surface area contributed by atoms with Crippen molar-refractivity contribution in [2.75, 3.05) is 5.32 Å². The maximum atomic E-state index is 12.8. The van der Waals surface area contributed by atoms with Gasteiger partial charge in [-0.25, -0.2) is 0 Å². The summed E-state index contributed by atoms with van der Waals surface area (Å²) in [5.41, 5.74) is 2.60. The van der Waals surface area contributed by atoms with Crippen LogP contribution in [0.5, 0.6) is 0 Å². The van der Waals surface area contributed by atoms with Crippen molar-refractivity contribution in [3.63, 3.8) is 0 Å². The summed E-state index contributed by atoms with van der Waals surface area (Å²) < 4.78 is 1.90. The number of carbonyl (C=O) groups is 2. The maximum Gasteiger partial charge on any atom is 0.244 e. The molecule has 0 unspecified atom stereocenters. The van der Waals surface area contributed by atoms with Crippen LogP contribution in [0.1, 0.15) is 15.9 Å². The van der Waals surface area contributed by atoms with E-state index in [1.54, 1.807) is 30.3 Å². The number of nitrogens with zero attached hydrogens (tertiary/aromatic N) is 1. The molecule has 4 nitrogen and oxygen atoms in total. The summed E-state index contributed by atoms with van der Waals surface area (Å²) in [5, 5.41) is 3.97. The van der Waals surface area contributed by atoms with Gasteiger partial charge in [-0.1, -0.05) is 60.7 Å². The van der Waals surface area contributed by atoms with E-state index in [1.165, 1.54) is 0 Å². The first-order valence-electron chi connectivity index (χ1n) is 8.75. The van der Waals surface area contributed by atoms with Crippen LogP contribution in [0.4, 0.5) is 5.69 Å². The Kier molecular flexibility index (Phi) is 4.54. The fourth-order valence-electron chi connectivity index (χ4n) is 3.16. The number of rotatable bonds is 5. The molecule has 0 atom stereocenters. The highest BCUT2D eigenvalue weighted by Gasteiger charge is 2.15. The Morgan fingerprint density at radius 2 is 1.48 bits per heavy atom. The van der Waals surface area contributed by atoms with Crippen LogP contribution in [0.15, 0.2) is 91.1 Å². The number of fused-ring (bicyclic) bond motifs is 1. The third-order valence-electron chi connectivity index (χ3n) is 4.48. The number of anilines is 1. The van der Waals surface area contributed by atoms with E-state index in [-0.39, 0.29) is 18.2 Å². The topological polar surface area (TPSA) is 51.1 Å². The zero-order valence-corrected chi connectivity index (χ0v) is 14.6. The van der Waals surface area contributed by atoms with Gasteiger partial charge in [-0.2, -0.15) is 0 Å². The number of para-hydroxylation sites is 2. The van der Waals surface area contributed by atoms with Gasteiger partial charge in [-0.3, -0.25) is 9.59 Å². The fraction of sp³-hybridized carbons (Fsp3) is 0.0435. The molecule has 0 radical (unpaired) electrons. The minimum absolute atomic E-state index is 0.113. The van der Waals surface area contributed by atoms with Crippen molar-refractivity contribution in [2.45, 2.75) is 6.54 Å². The van der Waals surface area contributed by atoms with Crippen molar-refractivity contribution in [2.24, 2.45) is 0 Å². The summed E-state index contributed by atoms with van der Waals surface area (Å²) in [5.74, 6) is -0.289. The molecule has 0 bridgehead atoms. The Balaban J connectivity index is 1.56. The van der Waals surface area contributed by atoms with Gasteiger partial charge in [-0.05, 0) is 29.7 Å². The molecule has 0 aliphatic rings. The number of ketones is 1. The lowest BCUT2D eigenvalue weighted by molar-refractivity contribution is -0.116. The Hall–Kier alpha value is -3.66. The van der Waals surface area contributed by atoms with E-state index < -0.39 is 0 Å². The number of hydrogen-bond acceptors (Lipinski definition) is 2. The molecule has 27 heavy (non-hydrogen) atoms. The molecule has 3 aromatic carbocycles. The molecular formula is C23H18N2O2. The number of aromatic nitrogens is 1. The highest BCUT2D eigenvalue weighted by Crippen LogP contribution is 2.20. The van der Waals surface area contributed by atoms with E-state index in [0.717, 1.165) is 10.9 Å². The lowest BCUT2D eigenvalue weighted by atomic mass is 10.0. The Bertz CT molecular complexity index is 1110. The van der Waals surface area contributed by atoms with E-state index in [0.29, 0.717) is 16.8 Å². The lowest BCUT2D eigenvalue weighted by Crippen LogP contribution is -2.20. The Labute approximate surface area is 157 Å². The monoisotopic (exact) mass is 354 g/mol. The van der Waals surface area contributed by atoms with Crippen LogP contribution in [0.3, 0.4) is 0 Å². The summed E-state index contributed by atoms with van der Waals surface area (Å²) in [6.45, 7) is 0.182. The fourth-order valence-corrected chi connectivity index (χ4v) is 3.16. The van der Waals surface area contributed by atoms with Crippen LogP contribution < -0.4 is 5.32 Å². The highest BCUT2D eigenvalue weighted by atomic mass is 16.2. The van der Waals surface area contributed by atoms with Crippen molar-refractivity contribution < 1.29 is 9.59 Å². The molecule has 0 aliphatic carbocycles. The first kappa shape index (κ1) is 16.8. The van der Waals surface area contributed by atoms with Crippen LogP contribution in [0, 0.1) is 0 Å². The molecular weight excluding hydrogens is 336 g/mol. The van der Waals surface area contributed by atoms with Crippen LogP contribution in [0.2, 0.25) is 0 Å². The third-order valence-corrected chi connectivity index (χ3v) is 4.48. The molecule has 0 spiro atoms. The van der Waals surface area contributed by atoms with Crippen molar-refractivity contribution in [3.8, 4) is 0 Å². The molecule has 132 valence electrons. The second-order valence-corrected chi connectivity index (χ2v) is 6.29. The smallest absolute Gasteiger partial charge is 0.244 e. The van der Waals surface area contributed by atoms with Crippen molar-refractivity contribution in [3.05, 3.63) is 102 Å². The van der Waals surface area contributed by atoms with Crippen LogP contribution >= 0.6 is 0 Å². The Morgan fingerprint density at radius 3 is 2.33 bits per heavy atom. The normalized spacial score (nSPS) is 10.7. The second-order valence-electron chi connectivity index (χ2n) is 6.29. The summed E-state index contributed by atoms with van der Waals surface area (Å²) in [7, 11) is 0. The van der Waals surface area contributed by atoms with Crippen molar-refractivity contribution in [1.29, 1.82) is 0 Å². The van der Waals surface area contributed by atoms with Gasteiger partial charge in [0.2, 0.25) is 5.91 Å². The number of nitrogens with one attached hydrogen (secondary N) is 1. The maximum absolute atomic E-state index is 12.8. The third kappa shape index (κ3) is 3.51. The summed E-state index contributed by atoms with van der Waals surface area (Å²) >= 11 is 0. The summed E-state index contributed by atoms with van der Waals surface area (Å²) in [6.07, 6.45) is 1.89. The average molecular weight is 354 g/mol. The molecule has 4 rings (SSSR count). The molecule has 0 saturated carbocycles. The molecule has 0 fully saturated rings. The number of benzene rings is 3. The average Bonchev–Trinajstić information content (AvgIpc) is 3.11. The number of hydrogen-bond donors (Lipinski definition) is 1. The first-order chi connectivity index (χ1) is 13.2. The van der Waals surface area contributed by atoms with Crippen LogP contribution in [-0.4, -0.2) is 16.3 Å². The van der Waals surface area contributed by atoms with E-state index in [9.17, 15) is 9.59 Å². The standard InChI is InChI=1S/C23H18N2O2/c26-22(16-25-15-14-17-8-4-7-13-21(17)25)24-20-12-6-5-11-19(20)23(27)18-9-2-1-3-10-18/h1-15H,16H2,(H,24,26). The molecule has 1 aromatic heterocycles. The van der Waals surface area contributed by atoms with Gasteiger partial charge in [0, 0.05) is 22.8 Å².